The van der Waals surface area contributed by atoms with Gasteiger partial charge in [0.1, 0.15) is 5.78 Å². The van der Waals surface area contributed by atoms with E-state index in [0.29, 0.717) is 25.0 Å². The minimum Gasteiger partial charge on any atom is -0.380 e. The molecule has 16 heavy (non-hydrogen) atoms. The van der Waals surface area contributed by atoms with Crippen molar-refractivity contribution in [2.75, 3.05) is 0 Å². The van der Waals surface area contributed by atoms with E-state index < -0.39 is 4.92 Å². The smallest absolute Gasteiger partial charge is 0.319 e. The van der Waals surface area contributed by atoms with Gasteiger partial charge < -0.3 is 5.32 Å². The fourth-order valence-electron chi connectivity index (χ4n) is 1.69. The van der Waals surface area contributed by atoms with Crippen molar-refractivity contribution >= 4 is 26.3 Å². The summed E-state index contributed by atoms with van der Waals surface area (Å²) in [7, 11) is 0. The second-order valence-electron chi connectivity index (χ2n) is 3.67. The number of hydrogen-bond acceptors (Lipinski definition) is 5. The number of nitrogens with one attached hydrogen (secondary N) is 2. The summed E-state index contributed by atoms with van der Waals surface area (Å²) in [4.78, 5) is 21.1. The van der Waals surface area contributed by atoms with Crippen LogP contribution in [0.25, 0.3) is 0 Å². The number of Topliss-reactive ketones (excluding diaryl/α,β-unsaturated/α-hetero) is 1. The zero-order chi connectivity index (χ0) is 12.3. The number of halogens is 1. The molecule has 0 spiro atoms. The molecule has 0 radical (unpaired) electrons. The lowest BCUT2D eigenvalue weighted by Gasteiger charge is -2.12. The summed E-state index contributed by atoms with van der Waals surface area (Å²) in [5.74, 6) is 0.168. The zero-order valence-electron chi connectivity index (χ0n) is 8.75. The monoisotopic (exact) mass is 289 g/mol. The predicted molar refractivity (Wildman–Crippen MR) is 62.1 cm³/mol. The molecule has 1 aliphatic rings. The summed E-state index contributed by atoms with van der Waals surface area (Å²) in [6.45, 7) is 1.54. The first-order valence-corrected chi connectivity index (χ1v) is 5.59. The number of allylic oxidation sites excluding steroid dienone is 2. The number of carbonyl (C=O) groups excluding carboxylic acids is 1. The minimum absolute atomic E-state index is 0.0469. The summed E-state index contributed by atoms with van der Waals surface area (Å²) >= 11 is 2.78. The van der Waals surface area contributed by atoms with Crippen molar-refractivity contribution in [3.05, 3.63) is 21.5 Å². The molecule has 1 unspecified atom stereocenters. The Morgan fingerprint density at radius 1 is 1.69 bits per heavy atom. The van der Waals surface area contributed by atoms with Crippen molar-refractivity contribution in [1.82, 2.24) is 5.32 Å². The fraction of sp³-hybridized carbons (Fsp3) is 0.556. The molecule has 0 aromatic rings. The zero-order valence-corrected chi connectivity index (χ0v) is 10.3. The fourth-order valence-corrected chi connectivity index (χ4v) is 2.14. The summed E-state index contributed by atoms with van der Waals surface area (Å²) < 4.78 is -0.271. The average Bonchev–Trinajstić information content (AvgIpc) is 2.49. The maximum atomic E-state index is 11.0. The van der Waals surface area contributed by atoms with Gasteiger partial charge in [0.25, 0.3) is 0 Å². The van der Waals surface area contributed by atoms with Crippen molar-refractivity contribution < 1.29 is 9.72 Å². The molecule has 0 bridgehead atoms. The maximum Gasteiger partial charge on any atom is 0.319 e. The van der Waals surface area contributed by atoms with Crippen LogP contribution < -0.4 is 5.32 Å². The molecule has 0 aromatic carbocycles. The molecular weight excluding hydrogens is 278 g/mol. The Kier molecular flexibility index (Phi) is 4.17. The van der Waals surface area contributed by atoms with Crippen LogP contribution in [0.15, 0.2) is 11.4 Å². The molecule has 0 saturated heterocycles. The molecule has 1 rings (SSSR count). The molecule has 0 heterocycles. The van der Waals surface area contributed by atoms with Crippen LogP contribution in [0.4, 0.5) is 0 Å². The second kappa shape index (κ2) is 5.20. The van der Waals surface area contributed by atoms with E-state index in [1.165, 1.54) is 6.92 Å². The van der Waals surface area contributed by atoms with E-state index in [1.54, 1.807) is 0 Å². The normalized spacial score (nSPS) is 21.6. The molecule has 1 aliphatic carbocycles. The molecule has 0 aromatic heterocycles. The molecule has 0 amide bonds. The van der Waals surface area contributed by atoms with Gasteiger partial charge in [0, 0.05) is 18.9 Å². The Morgan fingerprint density at radius 2 is 2.31 bits per heavy atom. The van der Waals surface area contributed by atoms with E-state index in [0.717, 1.165) is 0 Å². The highest BCUT2D eigenvalue weighted by atomic mass is 79.9. The third-order valence-corrected chi connectivity index (χ3v) is 2.79. The first kappa shape index (κ1) is 12.8. The van der Waals surface area contributed by atoms with Crippen LogP contribution in [0.1, 0.15) is 26.2 Å². The lowest BCUT2D eigenvalue weighted by Crippen LogP contribution is -2.27. The van der Waals surface area contributed by atoms with E-state index in [1.807, 2.05) is 0 Å². The minimum atomic E-state index is -0.615. The highest BCUT2D eigenvalue weighted by molar-refractivity contribution is 9.18. The Morgan fingerprint density at radius 3 is 2.69 bits per heavy atom. The highest BCUT2D eigenvalue weighted by Gasteiger charge is 2.25. The van der Waals surface area contributed by atoms with Crippen molar-refractivity contribution in [1.29, 1.82) is 5.41 Å². The molecule has 1 saturated carbocycles. The Bertz CT molecular complexity index is 362. The Balaban J connectivity index is 2.77. The van der Waals surface area contributed by atoms with Gasteiger partial charge in [-0.25, -0.2) is 0 Å². The standard InChI is InChI=1S/C9H12BrN3O3/c1-5(8(9(10)11)13(15)16)12-6-2-3-7(14)4-6/h6,11-12H,2-4H2,1H3/b8-5+,11-9?. The quantitative estimate of drug-likeness (QED) is 0.466. The number of carbonyl (C=O) groups is 1. The molecule has 0 aliphatic heterocycles. The van der Waals surface area contributed by atoms with Gasteiger partial charge in [0.2, 0.25) is 0 Å². The van der Waals surface area contributed by atoms with Crippen LogP contribution >= 0.6 is 15.9 Å². The van der Waals surface area contributed by atoms with Crippen molar-refractivity contribution in [3.8, 4) is 0 Å². The van der Waals surface area contributed by atoms with Crippen LogP contribution in [-0.2, 0) is 4.79 Å². The second-order valence-corrected chi connectivity index (χ2v) is 4.46. The van der Waals surface area contributed by atoms with Gasteiger partial charge in [0.15, 0.2) is 4.62 Å². The number of hydrogen-bond donors (Lipinski definition) is 2. The molecule has 2 N–H and O–H groups in total. The van der Waals surface area contributed by atoms with Crippen LogP contribution in [0, 0.1) is 15.5 Å². The topological polar surface area (TPSA) is 96.1 Å². The number of rotatable bonds is 4. The lowest BCUT2D eigenvalue weighted by atomic mass is 10.2. The third kappa shape index (κ3) is 3.13. The van der Waals surface area contributed by atoms with Crippen LogP contribution in [0.2, 0.25) is 0 Å². The Hall–Kier alpha value is -1.24. The van der Waals surface area contributed by atoms with E-state index in [-0.39, 0.29) is 22.1 Å². The first-order chi connectivity index (χ1) is 7.41. The average molecular weight is 290 g/mol. The third-order valence-electron chi connectivity index (χ3n) is 2.41. The van der Waals surface area contributed by atoms with E-state index in [2.05, 4.69) is 21.2 Å². The highest BCUT2D eigenvalue weighted by Crippen LogP contribution is 2.17. The SMILES string of the molecule is C/C(NC1CCC(=O)C1)=C(/C(=N)Br)[N+](=O)[O-]. The van der Waals surface area contributed by atoms with Crippen molar-refractivity contribution in [2.24, 2.45) is 0 Å². The van der Waals surface area contributed by atoms with Gasteiger partial charge in [-0.1, -0.05) is 0 Å². The predicted octanol–water partition coefficient (Wildman–Crippen LogP) is 1.58. The van der Waals surface area contributed by atoms with Gasteiger partial charge in [-0.2, -0.15) is 0 Å². The van der Waals surface area contributed by atoms with E-state index in [4.69, 9.17) is 5.41 Å². The van der Waals surface area contributed by atoms with Crippen molar-refractivity contribution in [3.63, 3.8) is 0 Å². The van der Waals surface area contributed by atoms with Gasteiger partial charge >= 0.3 is 5.70 Å². The molecule has 88 valence electrons. The van der Waals surface area contributed by atoms with Gasteiger partial charge in [0.05, 0.1) is 10.6 Å². The van der Waals surface area contributed by atoms with Crippen molar-refractivity contribution in [2.45, 2.75) is 32.2 Å². The van der Waals surface area contributed by atoms with Gasteiger partial charge in [-0.3, -0.25) is 20.3 Å². The number of ketones is 1. The Labute approximate surface area is 101 Å². The van der Waals surface area contributed by atoms with E-state index >= 15 is 0 Å². The lowest BCUT2D eigenvalue weighted by molar-refractivity contribution is -0.416. The van der Waals surface area contributed by atoms with Gasteiger partial charge in [-0.05, 0) is 29.3 Å². The maximum absolute atomic E-state index is 11.0. The number of nitrogens with zero attached hydrogens (tertiary/aromatic N) is 1. The number of nitro groups is 1. The molecule has 1 fully saturated rings. The molecule has 7 heteroatoms. The first-order valence-electron chi connectivity index (χ1n) is 4.79. The molecule has 6 nitrogen and oxygen atoms in total. The van der Waals surface area contributed by atoms with Crippen LogP contribution in [-0.4, -0.2) is 21.4 Å². The van der Waals surface area contributed by atoms with Gasteiger partial charge in [-0.15, -0.1) is 0 Å². The molecule has 1 atom stereocenters. The summed E-state index contributed by atoms with van der Waals surface area (Å²) in [5, 5.41) is 20.8. The van der Waals surface area contributed by atoms with Crippen LogP contribution in [0.3, 0.4) is 0 Å². The largest absolute Gasteiger partial charge is 0.380 e. The summed E-state index contributed by atoms with van der Waals surface area (Å²) in [5.41, 5.74) is 0.0194. The molecular formula is C9H12BrN3O3. The van der Waals surface area contributed by atoms with E-state index in [9.17, 15) is 14.9 Å². The summed E-state index contributed by atoms with van der Waals surface area (Å²) in [6, 6.07) is -0.0469. The van der Waals surface area contributed by atoms with Crippen LogP contribution in [0.5, 0.6) is 0 Å². The summed E-state index contributed by atoms with van der Waals surface area (Å²) in [6.07, 6.45) is 1.61.